The van der Waals surface area contributed by atoms with E-state index in [1.54, 1.807) is 5.38 Å². The van der Waals surface area contributed by atoms with Crippen molar-refractivity contribution in [3.8, 4) is 11.1 Å². The molecule has 0 bridgehead atoms. The highest BCUT2D eigenvalue weighted by molar-refractivity contribution is 7.89. The second kappa shape index (κ2) is 7.77. The van der Waals surface area contributed by atoms with E-state index in [0.29, 0.717) is 37.4 Å². The van der Waals surface area contributed by atoms with Crippen molar-refractivity contribution in [2.24, 2.45) is 5.92 Å². The van der Waals surface area contributed by atoms with Gasteiger partial charge in [0.05, 0.1) is 6.26 Å². The summed E-state index contributed by atoms with van der Waals surface area (Å²) in [6, 6.07) is 9.50. The smallest absolute Gasteiger partial charge is 0.215 e. The van der Waals surface area contributed by atoms with Crippen LogP contribution in [-0.2, 0) is 20.0 Å². The molecule has 1 aliphatic heterocycles. The normalized spacial score (nSPS) is 17.4. The molecule has 26 heavy (non-hydrogen) atoms. The van der Waals surface area contributed by atoms with Gasteiger partial charge in [-0.3, -0.25) is 0 Å². The molecule has 0 atom stereocenters. The largest absolute Gasteiger partial charge is 0.244 e. The molecule has 0 unspecified atom stereocenters. The fourth-order valence-corrected chi connectivity index (χ4v) is 6.48. The van der Waals surface area contributed by atoms with E-state index in [1.165, 1.54) is 15.6 Å². The molecule has 0 aliphatic carbocycles. The maximum atomic E-state index is 13.1. The minimum Gasteiger partial charge on any atom is -0.215 e. The van der Waals surface area contributed by atoms with E-state index in [2.05, 4.69) is 4.72 Å². The lowest BCUT2D eigenvalue weighted by molar-refractivity contribution is 0.274. The summed E-state index contributed by atoms with van der Waals surface area (Å²) in [5.41, 5.74) is 1.62. The summed E-state index contributed by atoms with van der Waals surface area (Å²) >= 11 is 1.38. The average molecular weight is 415 g/mol. The highest BCUT2D eigenvalue weighted by atomic mass is 32.2. The zero-order valence-corrected chi connectivity index (χ0v) is 16.9. The van der Waals surface area contributed by atoms with Gasteiger partial charge in [-0.2, -0.15) is 15.6 Å². The fraction of sp³-hybridized carbons (Fsp3) is 0.412. The van der Waals surface area contributed by atoms with Crippen LogP contribution in [0.1, 0.15) is 12.8 Å². The fourth-order valence-electron chi connectivity index (χ4n) is 3.08. The lowest BCUT2D eigenvalue weighted by Gasteiger charge is -2.31. The summed E-state index contributed by atoms with van der Waals surface area (Å²) in [6.45, 7) is 1.17. The van der Waals surface area contributed by atoms with Gasteiger partial charge in [-0.05, 0) is 29.7 Å². The zero-order chi connectivity index (χ0) is 18.8. The van der Waals surface area contributed by atoms with Gasteiger partial charge in [-0.25, -0.2) is 21.6 Å². The molecule has 0 amide bonds. The van der Waals surface area contributed by atoms with Crippen LogP contribution >= 0.6 is 11.3 Å². The molecule has 1 N–H and O–H groups in total. The number of thiophene rings is 1. The first-order valence-corrected chi connectivity index (χ1v) is 12.6. The molecule has 1 aromatic carbocycles. The summed E-state index contributed by atoms with van der Waals surface area (Å²) < 4.78 is 52.6. The first-order chi connectivity index (χ1) is 12.3. The van der Waals surface area contributed by atoms with E-state index < -0.39 is 20.0 Å². The van der Waals surface area contributed by atoms with Crippen LogP contribution in [0.4, 0.5) is 0 Å². The molecule has 1 aromatic heterocycles. The van der Waals surface area contributed by atoms with E-state index in [9.17, 15) is 16.8 Å². The Morgan fingerprint density at radius 1 is 1.08 bits per heavy atom. The lowest BCUT2D eigenvalue weighted by Crippen LogP contribution is -2.41. The first-order valence-electron chi connectivity index (χ1n) is 8.34. The van der Waals surface area contributed by atoms with E-state index in [-0.39, 0.29) is 5.92 Å². The quantitative estimate of drug-likeness (QED) is 0.787. The molecule has 2 aromatic rings. The predicted molar refractivity (Wildman–Crippen MR) is 104 cm³/mol. The van der Waals surface area contributed by atoms with Gasteiger partial charge >= 0.3 is 0 Å². The molecule has 1 saturated heterocycles. The van der Waals surface area contributed by atoms with Crippen LogP contribution in [-0.4, -0.2) is 47.0 Å². The molecule has 1 aliphatic rings. The maximum Gasteiger partial charge on any atom is 0.244 e. The highest BCUT2D eigenvalue weighted by Gasteiger charge is 2.31. The Hall–Kier alpha value is -1.26. The number of piperidine rings is 1. The monoisotopic (exact) mass is 414 g/mol. The summed E-state index contributed by atoms with van der Waals surface area (Å²) in [5.74, 6) is 0.159. The van der Waals surface area contributed by atoms with Crippen LogP contribution in [0.25, 0.3) is 11.1 Å². The number of rotatable bonds is 6. The van der Waals surface area contributed by atoms with Crippen LogP contribution in [0, 0.1) is 5.92 Å². The summed E-state index contributed by atoms with van der Waals surface area (Å²) in [6.07, 6.45) is 2.42. The molecule has 0 saturated carbocycles. The van der Waals surface area contributed by atoms with Crippen molar-refractivity contribution in [3.05, 3.63) is 41.1 Å². The van der Waals surface area contributed by atoms with E-state index in [1.807, 2.05) is 35.7 Å². The van der Waals surface area contributed by atoms with Gasteiger partial charge in [0.2, 0.25) is 20.0 Å². The minimum absolute atomic E-state index is 0.159. The Morgan fingerprint density at radius 3 is 2.35 bits per heavy atom. The minimum atomic E-state index is -3.56. The number of nitrogens with zero attached hydrogens (tertiary/aromatic N) is 1. The van der Waals surface area contributed by atoms with Crippen LogP contribution < -0.4 is 4.72 Å². The zero-order valence-electron chi connectivity index (χ0n) is 14.5. The first kappa shape index (κ1) is 19.5. The van der Waals surface area contributed by atoms with Crippen molar-refractivity contribution >= 4 is 31.4 Å². The Labute approximate surface area is 159 Å². The Kier molecular flexibility index (Phi) is 5.83. The summed E-state index contributed by atoms with van der Waals surface area (Å²) in [7, 11) is -6.78. The molecule has 0 radical (unpaired) electrons. The van der Waals surface area contributed by atoms with Crippen molar-refractivity contribution in [1.82, 2.24) is 9.03 Å². The molecule has 1 fully saturated rings. The third-order valence-electron chi connectivity index (χ3n) is 4.54. The van der Waals surface area contributed by atoms with E-state index in [4.69, 9.17) is 0 Å². The number of sulfonamides is 2. The molecule has 9 heteroatoms. The standard InChI is InChI=1S/C17H22N2O4S3/c1-25(20,21)18-11-14-7-9-19(10-8-14)26(22,23)17-13-24-12-16(17)15-5-3-2-4-6-15/h2-6,12-14,18H,7-11H2,1H3. The van der Waals surface area contributed by atoms with Crippen LogP contribution in [0.15, 0.2) is 46.0 Å². The van der Waals surface area contributed by atoms with Gasteiger partial charge in [-0.1, -0.05) is 30.3 Å². The SMILES string of the molecule is CS(=O)(=O)NCC1CCN(S(=O)(=O)c2cscc2-c2ccccc2)CC1. The van der Waals surface area contributed by atoms with E-state index in [0.717, 1.165) is 17.4 Å². The van der Waals surface area contributed by atoms with Crippen LogP contribution in [0.3, 0.4) is 0 Å². The van der Waals surface area contributed by atoms with Crippen molar-refractivity contribution < 1.29 is 16.8 Å². The van der Waals surface area contributed by atoms with Gasteiger partial charge in [0, 0.05) is 30.6 Å². The van der Waals surface area contributed by atoms with Gasteiger partial charge < -0.3 is 0 Å². The molecular weight excluding hydrogens is 392 g/mol. The van der Waals surface area contributed by atoms with Crippen molar-refractivity contribution in [2.75, 3.05) is 25.9 Å². The summed E-state index contributed by atoms with van der Waals surface area (Å²) in [4.78, 5) is 0.349. The average Bonchev–Trinajstić information content (AvgIpc) is 3.11. The summed E-state index contributed by atoms with van der Waals surface area (Å²) in [5, 5.41) is 3.56. The molecule has 0 spiro atoms. The Morgan fingerprint density at radius 2 is 1.73 bits per heavy atom. The molecule has 2 heterocycles. The van der Waals surface area contributed by atoms with Gasteiger partial charge in [0.1, 0.15) is 4.90 Å². The van der Waals surface area contributed by atoms with Crippen molar-refractivity contribution in [2.45, 2.75) is 17.7 Å². The topological polar surface area (TPSA) is 83.6 Å². The molecule has 3 rings (SSSR count). The van der Waals surface area contributed by atoms with Crippen molar-refractivity contribution in [1.29, 1.82) is 0 Å². The number of hydrogen-bond donors (Lipinski definition) is 1. The highest BCUT2D eigenvalue weighted by Crippen LogP contribution is 2.34. The van der Waals surface area contributed by atoms with Crippen LogP contribution in [0.2, 0.25) is 0 Å². The second-order valence-corrected chi connectivity index (χ2v) is 11.0. The maximum absolute atomic E-state index is 13.1. The van der Waals surface area contributed by atoms with Gasteiger partial charge in [0.15, 0.2) is 0 Å². The van der Waals surface area contributed by atoms with Crippen molar-refractivity contribution in [3.63, 3.8) is 0 Å². The number of hydrogen-bond acceptors (Lipinski definition) is 5. The molecular formula is C17H22N2O4S3. The van der Waals surface area contributed by atoms with Crippen LogP contribution in [0.5, 0.6) is 0 Å². The molecule has 142 valence electrons. The molecule has 6 nitrogen and oxygen atoms in total. The Bertz CT molecular complexity index is 945. The lowest BCUT2D eigenvalue weighted by atomic mass is 9.99. The number of benzene rings is 1. The predicted octanol–water partition coefficient (Wildman–Crippen LogP) is 2.37. The number of nitrogens with one attached hydrogen (secondary N) is 1. The van der Waals surface area contributed by atoms with Gasteiger partial charge in [-0.15, -0.1) is 0 Å². The van der Waals surface area contributed by atoms with Gasteiger partial charge in [0.25, 0.3) is 0 Å². The second-order valence-electron chi connectivity index (χ2n) is 6.48. The Balaban J connectivity index is 1.72. The van der Waals surface area contributed by atoms with E-state index >= 15 is 0 Å². The third kappa shape index (κ3) is 4.52. The third-order valence-corrected chi connectivity index (χ3v) is 8.06.